The van der Waals surface area contributed by atoms with E-state index in [1.54, 1.807) is 19.1 Å². The highest BCUT2D eigenvalue weighted by Gasteiger charge is 2.26. The predicted octanol–water partition coefficient (Wildman–Crippen LogP) is 3.80. The van der Waals surface area contributed by atoms with Crippen LogP contribution in [0.15, 0.2) is 12.1 Å². The van der Waals surface area contributed by atoms with E-state index < -0.39 is 11.6 Å². The summed E-state index contributed by atoms with van der Waals surface area (Å²) in [5, 5.41) is 3.31. The van der Waals surface area contributed by atoms with Gasteiger partial charge in [-0.1, -0.05) is 38.3 Å². The molecule has 21 heavy (non-hydrogen) atoms. The van der Waals surface area contributed by atoms with Gasteiger partial charge >= 0.3 is 0 Å². The molecule has 0 amide bonds. The summed E-state index contributed by atoms with van der Waals surface area (Å²) in [5.41, 5.74) is 0.903. The van der Waals surface area contributed by atoms with Gasteiger partial charge in [-0.05, 0) is 18.9 Å². The van der Waals surface area contributed by atoms with Crippen LogP contribution in [0.5, 0.6) is 0 Å². The molecular formula is C17H26F2N2. The minimum atomic E-state index is -0.692. The van der Waals surface area contributed by atoms with Gasteiger partial charge in [0.2, 0.25) is 0 Å². The minimum Gasteiger partial charge on any atom is -0.314 e. The molecule has 1 aromatic rings. The normalized spacial score (nSPS) is 17.9. The van der Waals surface area contributed by atoms with E-state index in [0.29, 0.717) is 11.1 Å². The van der Waals surface area contributed by atoms with Crippen LogP contribution in [-0.2, 0) is 0 Å². The topological polar surface area (TPSA) is 15.3 Å². The number of piperazine rings is 1. The van der Waals surface area contributed by atoms with E-state index in [1.807, 2.05) is 0 Å². The number of unbranched alkanes of at least 4 members (excludes halogenated alkanes) is 2. The molecule has 2 nitrogen and oxygen atoms in total. The lowest BCUT2D eigenvalue weighted by Crippen LogP contribution is -2.45. The highest BCUT2D eigenvalue weighted by Crippen LogP contribution is 2.30. The van der Waals surface area contributed by atoms with Crippen molar-refractivity contribution in [2.24, 2.45) is 0 Å². The van der Waals surface area contributed by atoms with Crippen LogP contribution in [-0.4, -0.2) is 31.1 Å². The number of nitrogens with one attached hydrogen (secondary N) is 1. The van der Waals surface area contributed by atoms with E-state index in [4.69, 9.17) is 0 Å². The molecule has 1 saturated heterocycles. The van der Waals surface area contributed by atoms with E-state index in [1.165, 1.54) is 0 Å². The fourth-order valence-electron chi connectivity index (χ4n) is 3.03. The Labute approximate surface area is 126 Å². The summed E-state index contributed by atoms with van der Waals surface area (Å²) >= 11 is 0. The Balaban J connectivity index is 2.23. The van der Waals surface area contributed by atoms with E-state index >= 15 is 0 Å². The summed E-state index contributed by atoms with van der Waals surface area (Å²) in [6.45, 7) is 7.39. The van der Waals surface area contributed by atoms with Gasteiger partial charge in [-0.15, -0.1) is 0 Å². The van der Waals surface area contributed by atoms with Crippen molar-refractivity contribution in [1.82, 2.24) is 10.2 Å². The summed E-state index contributed by atoms with van der Waals surface area (Å²) in [6, 6.07) is 3.46. The van der Waals surface area contributed by atoms with Crippen molar-refractivity contribution in [2.45, 2.75) is 45.6 Å². The first kappa shape index (κ1) is 16.4. The van der Waals surface area contributed by atoms with Crippen LogP contribution in [0.2, 0.25) is 0 Å². The van der Waals surface area contributed by atoms with Crippen LogP contribution in [0.25, 0.3) is 0 Å². The minimum absolute atomic E-state index is 0.00579. The number of aryl methyl sites for hydroxylation is 1. The number of hydrogen-bond acceptors (Lipinski definition) is 2. The fourth-order valence-corrected chi connectivity index (χ4v) is 3.03. The molecule has 0 bridgehead atoms. The maximum atomic E-state index is 14.4. The first-order valence-electron chi connectivity index (χ1n) is 8.04. The molecule has 0 aliphatic carbocycles. The van der Waals surface area contributed by atoms with Crippen molar-refractivity contribution < 1.29 is 8.78 Å². The smallest absolute Gasteiger partial charge is 0.163 e. The third-order valence-electron chi connectivity index (χ3n) is 4.34. The Morgan fingerprint density at radius 3 is 2.52 bits per heavy atom. The highest BCUT2D eigenvalue weighted by atomic mass is 19.2. The number of halogens is 2. The lowest BCUT2D eigenvalue weighted by atomic mass is 9.96. The van der Waals surface area contributed by atoms with Crippen molar-refractivity contribution in [3.63, 3.8) is 0 Å². The molecule has 1 aromatic carbocycles. The summed E-state index contributed by atoms with van der Waals surface area (Å²) in [7, 11) is 0. The van der Waals surface area contributed by atoms with Crippen molar-refractivity contribution in [3.05, 3.63) is 34.9 Å². The Bertz CT molecular complexity index is 456. The number of benzene rings is 1. The molecular weight excluding hydrogens is 270 g/mol. The SMILES string of the molecule is CCCCC[C@@H](c1ccc(C)c(F)c1F)N1CCNCC1. The van der Waals surface area contributed by atoms with Gasteiger partial charge in [0.25, 0.3) is 0 Å². The molecule has 1 aliphatic heterocycles. The van der Waals surface area contributed by atoms with E-state index in [2.05, 4.69) is 17.1 Å². The quantitative estimate of drug-likeness (QED) is 0.803. The zero-order chi connectivity index (χ0) is 15.2. The number of nitrogens with zero attached hydrogens (tertiary/aromatic N) is 1. The number of rotatable bonds is 6. The third-order valence-corrected chi connectivity index (χ3v) is 4.34. The first-order valence-corrected chi connectivity index (χ1v) is 8.04. The maximum absolute atomic E-state index is 14.4. The average Bonchev–Trinajstić information content (AvgIpc) is 2.51. The van der Waals surface area contributed by atoms with Crippen LogP contribution < -0.4 is 5.32 Å². The lowest BCUT2D eigenvalue weighted by Gasteiger charge is -2.35. The summed E-state index contributed by atoms with van der Waals surface area (Å²) in [5.74, 6) is -1.35. The van der Waals surface area contributed by atoms with Crippen LogP contribution in [0.3, 0.4) is 0 Å². The molecule has 4 heteroatoms. The van der Waals surface area contributed by atoms with Crippen LogP contribution in [0, 0.1) is 18.6 Å². The molecule has 0 aromatic heterocycles. The third kappa shape index (κ3) is 4.01. The molecule has 118 valence electrons. The summed E-state index contributed by atoms with van der Waals surface area (Å²) in [6.07, 6.45) is 4.23. The summed E-state index contributed by atoms with van der Waals surface area (Å²) in [4.78, 5) is 2.29. The second kappa shape index (κ2) is 7.85. The molecule has 0 unspecified atom stereocenters. The van der Waals surface area contributed by atoms with Crippen molar-refractivity contribution in [2.75, 3.05) is 26.2 Å². The van der Waals surface area contributed by atoms with E-state index in [-0.39, 0.29) is 6.04 Å². The molecule has 0 saturated carbocycles. The molecule has 0 spiro atoms. The predicted molar refractivity (Wildman–Crippen MR) is 82.4 cm³/mol. The highest BCUT2D eigenvalue weighted by molar-refractivity contribution is 5.28. The molecule has 1 fully saturated rings. The van der Waals surface area contributed by atoms with Gasteiger partial charge in [-0.25, -0.2) is 8.78 Å². The molecule has 2 rings (SSSR count). The zero-order valence-electron chi connectivity index (χ0n) is 13.1. The Morgan fingerprint density at radius 1 is 1.14 bits per heavy atom. The average molecular weight is 296 g/mol. The van der Waals surface area contributed by atoms with Crippen LogP contribution in [0.1, 0.15) is 49.8 Å². The molecule has 1 heterocycles. The molecule has 1 atom stereocenters. The second-order valence-electron chi connectivity index (χ2n) is 5.90. The molecule has 0 radical (unpaired) electrons. The zero-order valence-corrected chi connectivity index (χ0v) is 13.1. The fraction of sp³-hybridized carbons (Fsp3) is 0.647. The van der Waals surface area contributed by atoms with Crippen LogP contribution >= 0.6 is 0 Å². The molecule has 1 aliphatic rings. The van der Waals surface area contributed by atoms with E-state index in [0.717, 1.165) is 51.9 Å². The summed E-state index contributed by atoms with van der Waals surface area (Å²) < 4.78 is 28.3. The van der Waals surface area contributed by atoms with E-state index in [9.17, 15) is 8.78 Å². The van der Waals surface area contributed by atoms with Crippen molar-refractivity contribution in [3.8, 4) is 0 Å². The van der Waals surface area contributed by atoms with Gasteiger partial charge in [0.15, 0.2) is 11.6 Å². The Hall–Kier alpha value is -1.00. The second-order valence-corrected chi connectivity index (χ2v) is 5.90. The van der Waals surface area contributed by atoms with Gasteiger partial charge in [0, 0.05) is 37.8 Å². The molecule has 1 N–H and O–H groups in total. The van der Waals surface area contributed by atoms with Gasteiger partial charge in [0.05, 0.1) is 0 Å². The monoisotopic (exact) mass is 296 g/mol. The van der Waals surface area contributed by atoms with Gasteiger partial charge in [-0.3, -0.25) is 4.90 Å². The first-order chi connectivity index (χ1) is 10.1. The van der Waals surface area contributed by atoms with Gasteiger partial charge in [-0.2, -0.15) is 0 Å². The standard InChI is InChI=1S/C17H26F2N2/c1-3-4-5-6-15(21-11-9-20-10-12-21)14-8-7-13(2)16(18)17(14)19/h7-8,15,20H,3-6,9-12H2,1-2H3/t15-/m0/s1. The van der Waals surface area contributed by atoms with Crippen molar-refractivity contribution >= 4 is 0 Å². The maximum Gasteiger partial charge on any atom is 0.163 e. The van der Waals surface area contributed by atoms with Gasteiger partial charge < -0.3 is 5.32 Å². The largest absolute Gasteiger partial charge is 0.314 e. The van der Waals surface area contributed by atoms with Crippen LogP contribution in [0.4, 0.5) is 8.78 Å². The lowest BCUT2D eigenvalue weighted by molar-refractivity contribution is 0.159. The number of hydrogen-bond donors (Lipinski definition) is 1. The van der Waals surface area contributed by atoms with Crippen molar-refractivity contribution in [1.29, 1.82) is 0 Å². The Morgan fingerprint density at radius 2 is 1.86 bits per heavy atom. The Kier molecular flexibility index (Phi) is 6.12. The van der Waals surface area contributed by atoms with Gasteiger partial charge in [0.1, 0.15) is 0 Å².